The summed E-state index contributed by atoms with van der Waals surface area (Å²) in [6.45, 7) is 0.563. The zero-order valence-corrected chi connectivity index (χ0v) is 13.1. The molecule has 110 valence electrons. The van der Waals surface area contributed by atoms with E-state index in [1.807, 2.05) is 0 Å². The zero-order chi connectivity index (χ0) is 14.8. The van der Waals surface area contributed by atoms with Gasteiger partial charge in [-0.05, 0) is 60.2 Å². The molecule has 1 aliphatic rings. The Morgan fingerprint density at radius 1 is 1.05 bits per heavy atom. The van der Waals surface area contributed by atoms with Gasteiger partial charge in [-0.25, -0.2) is 8.78 Å². The second kappa shape index (κ2) is 6.24. The summed E-state index contributed by atoms with van der Waals surface area (Å²) in [6.07, 6.45) is 3.09. The van der Waals surface area contributed by atoms with Crippen LogP contribution in [-0.2, 0) is 19.4 Å². The average molecular weight is 352 g/mol. The van der Waals surface area contributed by atoms with Crippen LogP contribution in [0, 0.1) is 11.6 Å². The lowest BCUT2D eigenvalue weighted by Crippen LogP contribution is -2.34. The van der Waals surface area contributed by atoms with Gasteiger partial charge in [0.05, 0.1) is 0 Å². The topological polar surface area (TPSA) is 12.0 Å². The van der Waals surface area contributed by atoms with Crippen LogP contribution in [-0.4, -0.2) is 6.04 Å². The molecule has 1 aliphatic carbocycles. The van der Waals surface area contributed by atoms with Crippen LogP contribution in [0.5, 0.6) is 0 Å². The number of hydrogen-bond acceptors (Lipinski definition) is 1. The largest absolute Gasteiger partial charge is 0.310 e. The summed E-state index contributed by atoms with van der Waals surface area (Å²) < 4.78 is 27.2. The van der Waals surface area contributed by atoms with E-state index in [0.717, 1.165) is 29.3 Å². The van der Waals surface area contributed by atoms with E-state index in [0.29, 0.717) is 12.6 Å². The summed E-state index contributed by atoms with van der Waals surface area (Å²) >= 11 is 3.50. The molecular weight excluding hydrogens is 336 g/mol. The van der Waals surface area contributed by atoms with Gasteiger partial charge in [0, 0.05) is 17.1 Å². The molecule has 0 heterocycles. The SMILES string of the molecule is Fc1ccc(CNC2CCc3cc(Br)ccc3C2)cc1F. The van der Waals surface area contributed by atoms with E-state index in [4.69, 9.17) is 0 Å². The first kappa shape index (κ1) is 14.7. The maximum atomic E-state index is 13.2. The number of halogens is 3. The summed E-state index contributed by atoms with van der Waals surface area (Å²) in [6, 6.07) is 10.9. The fourth-order valence-electron chi connectivity index (χ4n) is 2.81. The third-order valence-corrected chi connectivity index (χ3v) is 4.47. The molecule has 3 rings (SSSR count). The van der Waals surface area contributed by atoms with Crippen molar-refractivity contribution in [1.82, 2.24) is 5.32 Å². The number of rotatable bonds is 3. The van der Waals surface area contributed by atoms with E-state index in [1.54, 1.807) is 6.07 Å². The maximum Gasteiger partial charge on any atom is 0.159 e. The molecule has 0 radical (unpaired) electrons. The van der Waals surface area contributed by atoms with Crippen LogP contribution in [0.25, 0.3) is 0 Å². The number of hydrogen-bond donors (Lipinski definition) is 1. The van der Waals surface area contributed by atoms with Gasteiger partial charge in [-0.2, -0.15) is 0 Å². The van der Waals surface area contributed by atoms with E-state index in [9.17, 15) is 8.78 Å². The fourth-order valence-corrected chi connectivity index (χ4v) is 3.22. The van der Waals surface area contributed by atoms with Gasteiger partial charge in [-0.1, -0.05) is 28.1 Å². The van der Waals surface area contributed by atoms with Crippen molar-refractivity contribution in [2.24, 2.45) is 0 Å². The summed E-state index contributed by atoms with van der Waals surface area (Å²) in [7, 11) is 0. The van der Waals surface area contributed by atoms with Crippen LogP contribution in [0.3, 0.4) is 0 Å². The normalized spacial score (nSPS) is 17.6. The van der Waals surface area contributed by atoms with E-state index in [2.05, 4.69) is 39.4 Å². The summed E-state index contributed by atoms with van der Waals surface area (Å²) in [5.41, 5.74) is 3.54. The van der Waals surface area contributed by atoms with Gasteiger partial charge >= 0.3 is 0 Å². The second-order valence-electron chi connectivity index (χ2n) is 5.48. The third-order valence-electron chi connectivity index (χ3n) is 3.98. The highest BCUT2D eigenvalue weighted by atomic mass is 79.9. The Bertz CT molecular complexity index is 657. The van der Waals surface area contributed by atoms with Gasteiger partial charge < -0.3 is 5.32 Å². The quantitative estimate of drug-likeness (QED) is 0.865. The molecule has 21 heavy (non-hydrogen) atoms. The second-order valence-corrected chi connectivity index (χ2v) is 6.40. The van der Waals surface area contributed by atoms with Crippen molar-refractivity contribution in [3.63, 3.8) is 0 Å². The molecule has 1 nitrogen and oxygen atoms in total. The molecule has 1 atom stereocenters. The van der Waals surface area contributed by atoms with Crippen molar-refractivity contribution in [1.29, 1.82) is 0 Å². The van der Waals surface area contributed by atoms with Crippen LogP contribution in [0.4, 0.5) is 8.78 Å². The van der Waals surface area contributed by atoms with E-state index < -0.39 is 11.6 Å². The number of fused-ring (bicyclic) bond motifs is 1. The Hall–Kier alpha value is -1.26. The van der Waals surface area contributed by atoms with Crippen molar-refractivity contribution < 1.29 is 8.78 Å². The molecule has 4 heteroatoms. The minimum absolute atomic E-state index is 0.381. The first-order valence-corrected chi connectivity index (χ1v) is 7.86. The summed E-state index contributed by atoms with van der Waals surface area (Å²) in [5.74, 6) is -1.58. The number of benzene rings is 2. The van der Waals surface area contributed by atoms with Gasteiger partial charge in [0.25, 0.3) is 0 Å². The molecule has 0 spiro atoms. The maximum absolute atomic E-state index is 13.2. The average Bonchev–Trinajstić information content (AvgIpc) is 2.48. The fraction of sp³-hybridized carbons (Fsp3) is 0.294. The minimum atomic E-state index is -0.795. The zero-order valence-electron chi connectivity index (χ0n) is 11.5. The van der Waals surface area contributed by atoms with E-state index >= 15 is 0 Å². The lowest BCUT2D eigenvalue weighted by atomic mass is 9.88. The molecule has 1 N–H and O–H groups in total. The highest BCUT2D eigenvalue weighted by Crippen LogP contribution is 2.25. The van der Waals surface area contributed by atoms with Crippen molar-refractivity contribution in [2.75, 3.05) is 0 Å². The van der Waals surface area contributed by atoms with Gasteiger partial charge in [0.2, 0.25) is 0 Å². The predicted molar refractivity (Wildman–Crippen MR) is 83.2 cm³/mol. The first-order valence-electron chi connectivity index (χ1n) is 7.06. The molecule has 2 aromatic rings. The van der Waals surface area contributed by atoms with Crippen molar-refractivity contribution >= 4 is 15.9 Å². The first-order chi connectivity index (χ1) is 10.1. The molecular formula is C17H16BrF2N. The Labute approximate surface area is 131 Å². The molecule has 0 saturated carbocycles. The monoisotopic (exact) mass is 351 g/mol. The number of nitrogens with one attached hydrogen (secondary N) is 1. The Balaban J connectivity index is 1.62. The molecule has 0 aromatic heterocycles. The van der Waals surface area contributed by atoms with Gasteiger partial charge in [0.15, 0.2) is 11.6 Å². The molecule has 2 aromatic carbocycles. The Morgan fingerprint density at radius 2 is 1.90 bits per heavy atom. The molecule has 0 aliphatic heterocycles. The predicted octanol–water partition coefficient (Wildman–Crippen LogP) is 4.37. The highest BCUT2D eigenvalue weighted by Gasteiger charge is 2.18. The van der Waals surface area contributed by atoms with Gasteiger partial charge in [-0.3, -0.25) is 0 Å². The highest BCUT2D eigenvalue weighted by molar-refractivity contribution is 9.10. The van der Waals surface area contributed by atoms with Crippen LogP contribution >= 0.6 is 15.9 Å². The summed E-state index contributed by atoms with van der Waals surface area (Å²) in [4.78, 5) is 0. The van der Waals surface area contributed by atoms with Crippen molar-refractivity contribution in [2.45, 2.75) is 31.8 Å². The molecule has 0 fully saturated rings. The van der Waals surface area contributed by atoms with E-state index in [1.165, 1.54) is 23.3 Å². The van der Waals surface area contributed by atoms with Gasteiger partial charge in [-0.15, -0.1) is 0 Å². The van der Waals surface area contributed by atoms with Crippen molar-refractivity contribution in [3.05, 3.63) is 69.2 Å². The van der Waals surface area contributed by atoms with Gasteiger partial charge in [0.1, 0.15) is 0 Å². The third kappa shape index (κ3) is 3.50. The lowest BCUT2D eigenvalue weighted by molar-refractivity contribution is 0.455. The van der Waals surface area contributed by atoms with E-state index in [-0.39, 0.29) is 0 Å². The molecule has 0 amide bonds. The number of aryl methyl sites for hydroxylation is 1. The lowest BCUT2D eigenvalue weighted by Gasteiger charge is -2.26. The Kier molecular flexibility index (Phi) is 4.36. The van der Waals surface area contributed by atoms with Crippen molar-refractivity contribution in [3.8, 4) is 0 Å². The minimum Gasteiger partial charge on any atom is -0.310 e. The molecule has 0 bridgehead atoms. The molecule has 0 saturated heterocycles. The van der Waals surface area contributed by atoms with Crippen LogP contribution < -0.4 is 5.32 Å². The Morgan fingerprint density at radius 3 is 2.71 bits per heavy atom. The van der Waals surface area contributed by atoms with Crippen LogP contribution in [0.1, 0.15) is 23.1 Å². The standard InChI is InChI=1S/C17H16BrF2N/c18-14-4-2-13-9-15(5-3-12(13)8-14)21-10-11-1-6-16(19)17(20)7-11/h1-2,4,6-8,15,21H,3,5,9-10H2. The summed E-state index contributed by atoms with van der Waals surface area (Å²) in [5, 5.41) is 3.44. The van der Waals surface area contributed by atoms with Crippen LogP contribution in [0.15, 0.2) is 40.9 Å². The smallest absolute Gasteiger partial charge is 0.159 e. The van der Waals surface area contributed by atoms with Crippen LogP contribution in [0.2, 0.25) is 0 Å². The molecule has 1 unspecified atom stereocenters.